The standard InChI is InChI=1S/C10H21N5/c1-8(2)11-6-9-12-13-14-15(9)7-10(3,4)5/h8,11H,6-7H2,1-5H3. The lowest BCUT2D eigenvalue weighted by molar-refractivity contribution is 0.313. The zero-order valence-electron chi connectivity index (χ0n) is 10.3. The molecule has 86 valence electrons. The van der Waals surface area contributed by atoms with E-state index in [4.69, 9.17) is 0 Å². The van der Waals surface area contributed by atoms with Crippen molar-refractivity contribution in [2.75, 3.05) is 0 Å². The molecule has 0 radical (unpaired) electrons. The van der Waals surface area contributed by atoms with Crippen molar-refractivity contribution in [1.82, 2.24) is 25.5 Å². The predicted molar refractivity (Wildman–Crippen MR) is 59.2 cm³/mol. The summed E-state index contributed by atoms with van der Waals surface area (Å²) in [6.07, 6.45) is 0. The van der Waals surface area contributed by atoms with E-state index in [-0.39, 0.29) is 5.41 Å². The molecule has 0 aliphatic rings. The first-order valence-electron chi connectivity index (χ1n) is 5.37. The molecule has 1 aromatic heterocycles. The van der Waals surface area contributed by atoms with E-state index < -0.39 is 0 Å². The van der Waals surface area contributed by atoms with Crippen molar-refractivity contribution in [3.05, 3.63) is 5.82 Å². The fourth-order valence-electron chi connectivity index (χ4n) is 1.22. The van der Waals surface area contributed by atoms with E-state index in [0.717, 1.165) is 18.9 Å². The molecule has 0 fully saturated rings. The molecule has 5 heteroatoms. The van der Waals surface area contributed by atoms with Gasteiger partial charge in [-0.05, 0) is 15.8 Å². The van der Waals surface area contributed by atoms with Crippen LogP contribution >= 0.6 is 0 Å². The molecule has 0 bridgehead atoms. The molecule has 1 heterocycles. The normalized spacial score (nSPS) is 12.4. The van der Waals surface area contributed by atoms with Crippen molar-refractivity contribution in [3.8, 4) is 0 Å². The van der Waals surface area contributed by atoms with Crippen LogP contribution in [0.4, 0.5) is 0 Å². The topological polar surface area (TPSA) is 55.6 Å². The van der Waals surface area contributed by atoms with Gasteiger partial charge < -0.3 is 5.32 Å². The summed E-state index contributed by atoms with van der Waals surface area (Å²) >= 11 is 0. The molecule has 0 unspecified atom stereocenters. The van der Waals surface area contributed by atoms with Crippen molar-refractivity contribution in [1.29, 1.82) is 0 Å². The van der Waals surface area contributed by atoms with Crippen molar-refractivity contribution in [2.45, 2.75) is 53.8 Å². The van der Waals surface area contributed by atoms with E-state index in [1.165, 1.54) is 0 Å². The van der Waals surface area contributed by atoms with Crippen molar-refractivity contribution in [3.63, 3.8) is 0 Å². The number of hydrogen-bond acceptors (Lipinski definition) is 4. The molecule has 15 heavy (non-hydrogen) atoms. The third-order valence-electron chi connectivity index (χ3n) is 1.90. The smallest absolute Gasteiger partial charge is 0.165 e. The molecule has 0 spiro atoms. The van der Waals surface area contributed by atoms with Crippen LogP contribution in [0.25, 0.3) is 0 Å². The summed E-state index contributed by atoms with van der Waals surface area (Å²) in [4.78, 5) is 0. The van der Waals surface area contributed by atoms with Crippen LogP contribution in [0.15, 0.2) is 0 Å². The molecule has 0 amide bonds. The highest BCUT2D eigenvalue weighted by Crippen LogP contribution is 2.15. The molecule has 0 atom stereocenters. The Bertz CT molecular complexity index is 297. The Labute approximate surface area is 91.2 Å². The average molecular weight is 211 g/mol. The van der Waals surface area contributed by atoms with Crippen molar-refractivity contribution < 1.29 is 0 Å². The van der Waals surface area contributed by atoms with E-state index in [0.29, 0.717) is 6.04 Å². The van der Waals surface area contributed by atoms with Crippen LogP contribution in [0.5, 0.6) is 0 Å². The Morgan fingerprint density at radius 3 is 2.53 bits per heavy atom. The first-order chi connectivity index (χ1) is 6.88. The van der Waals surface area contributed by atoms with Gasteiger partial charge in [0.15, 0.2) is 5.82 Å². The summed E-state index contributed by atoms with van der Waals surface area (Å²) in [6, 6.07) is 0.449. The Morgan fingerprint density at radius 2 is 2.00 bits per heavy atom. The van der Waals surface area contributed by atoms with E-state index in [2.05, 4.69) is 55.5 Å². The minimum atomic E-state index is 0.196. The highest BCUT2D eigenvalue weighted by atomic mass is 15.5. The van der Waals surface area contributed by atoms with Crippen LogP contribution in [0.1, 0.15) is 40.4 Å². The second-order valence-electron chi connectivity index (χ2n) is 5.35. The maximum Gasteiger partial charge on any atom is 0.165 e. The van der Waals surface area contributed by atoms with Gasteiger partial charge in [0.2, 0.25) is 0 Å². The van der Waals surface area contributed by atoms with Crippen molar-refractivity contribution >= 4 is 0 Å². The van der Waals surface area contributed by atoms with Crippen LogP contribution in [0.3, 0.4) is 0 Å². The second-order valence-corrected chi connectivity index (χ2v) is 5.35. The first-order valence-corrected chi connectivity index (χ1v) is 5.37. The number of rotatable bonds is 4. The molecule has 0 aliphatic heterocycles. The van der Waals surface area contributed by atoms with Gasteiger partial charge in [-0.1, -0.05) is 34.6 Å². The summed E-state index contributed by atoms with van der Waals surface area (Å²) in [5.41, 5.74) is 0.196. The highest BCUT2D eigenvalue weighted by Gasteiger charge is 2.15. The zero-order valence-corrected chi connectivity index (χ0v) is 10.3. The van der Waals surface area contributed by atoms with Gasteiger partial charge in [-0.25, -0.2) is 4.68 Å². The van der Waals surface area contributed by atoms with Gasteiger partial charge in [-0.15, -0.1) is 5.10 Å². The molecule has 1 N–H and O–H groups in total. The minimum absolute atomic E-state index is 0.196. The van der Waals surface area contributed by atoms with E-state index >= 15 is 0 Å². The third-order valence-corrected chi connectivity index (χ3v) is 1.90. The first kappa shape index (κ1) is 12.1. The van der Waals surface area contributed by atoms with Crippen LogP contribution in [-0.2, 0) is 13.1 Å². The summed E-state index contributed by atoms with van der Waals surface area (Å²) < 4.78 is 1.87. The molecule has 1 rings (SSSR count). The largest absolute Gasteiger partial charge is 0.308 e. The van der Waals surface area contributed by atoms with Gasteiger partial charge in [0.1, 0.15) is 0 Å². The van der Waals surface area contributed by atoms with Gasteiger partial charge in [0.05, 0.1) is 6.54 Å². The Balaban J connectivity index is 2.61. The summed E-state index contributed by atoms with van der Waals surface area (Å²) in [5.74, 6) is 0.902. The lowest BCUT2D eigenvalue weighted by Gasteiger charge is -2.18. The van der Waals surface area contributed by atoms with E-state index in [1.807, 2.05) is 4.68 Å². The minimum Gasteiger partial charge on any atom is -0.308 e. The molecule has 1 aromatic rings. The molecule has 0 saturated carbocycles. The van der Waals surface area contributed by atoms with Gasteiger partial charge in [-0.2, -0.15) is 0 Å². The second kappa shape index (κ2) is 4.70. The highest BCUT2D eigenvalue weighted by molar-refractivity contribution is 4.82. The van der Waals surface area contributed by atoms with Crippen LogP contribution in [0, 0.1) is 5.41 Å². The van der Waals surface area contributed by atoms with E-state index in [1.54, 1.807) is 0 Å². The molecule has 0 aliphatic carbocycles. The fraction of sp³-hybridized carbons (Fsp3) is 0.900. The fourth-order valence-corrected chi connectivity index (χ4v) is 1.22. The Hall–Kier alpha value is -0.970. The molecule has 5 nitrogen and oxygen atoms in total. The summed E-state index contributed by atoms with van der Waals surface area (Å²) in [7, 11) is 0. The molecule has 0 aromatic carbocycles. The number of tetrazole rings is 1. The van der Waals surface area contributed by atoms with Crippen LogP contribution in [0.2, 0.25) is 0 Å². The zero-order chi connectivity index (χ0) is 11.5. The van der Waals surface area contributed by atoms with Gasteiger partial charge in [-0.3, -0.25) is 0 Å². The molecular weight excluding hydrogens is 190 g/mol. The SMILES string of the molecule is CC(C)NCc1nnnn1CC(C)(C)C. The van der Waals surface area contributed by atoms with Crippen LogP contribution < -0.4 is 5.32 Å². The van der Waals surface area contributed by atoms with Crippen molar-refractivity contribution in [2.24, 2.45) is 5.41 Å². The molecular formula is C10H21N5. The number of nitrogens with zero attached hydrogens (tertiary/aromatic N) is 4. The molecule has 0 saturated heterocycles. The van der Waals surface area contributed by atoms with Gasteiger partial charge >= 0.3 is 0 Å². The maximum absolute atomic E-state index is 4.01. The maximum atomic E-state index is 4.01. The summed E-state index contributed by atoms with van der Waals surface area (Å²) in [6.45, 7) is 12.3. The van der Waals surface area contributed by atoms with Gasteiger partial charge in [0.25, 0.3) is 0 Å². The van der Waals surface area contributed by atoms with Gasteiger partial charge in [0, 0.05) is 12.6 Å². The Morgan fingerprint density at radius 1 is 1.33 bits per heavy atom. The quantitative estimate of drug-likeness (QED) is 0.813. The van der Waals surface area contributed by atoms with Crippen LogP contribution in [-0.4, -0.2) is 26.2 Å². The lowest BCUT2D eigenvalue weighted by Crippen LogP contribution is -2.26. The third kappa shape index (κ3) is 4.38. The monoisotopic (exact) mass is 211 g/mol. The average Bonchev–Trinajstić information content (AvgIpc) is 2.45. The number of nitrogens with one attached hydrogen (secondary N) is 1. The number of aromatic nitrogens is 4. The summed E-state index contributed by atoms with van der Waals surface area (Å²) in [5, 5.41) is 15.0. The number of hydrogen-bond donors (Lipinski definition) is 1. The lowest BCUT2D eigenvalue weighted by atomic mass is 9.97. The predicted octanol–water partition coefficient (Wildman–Crippen LogP) is 1.22. The Kier molecular flexibility index (Phi) is 3.79. The van der Waals surface area contributed by atoms with E-state index in [9.17, 15) is 0 Å².